The Hall–Kier alpha value is -2.45. The lowest BCUT2D eigenvalue weighted by molar-refractivity contribution is 0.0822. The number of aliphatic hydroxyl groups is 2. The van der Waals surface area contributed by atoms with E-state index < -0.39 is 26.9 Å². The predicted molar refractivity (Wildman–Crippen MR) is 136 cm³/mol. The van der Waals surface area contributed by atoms with E-state index in [1.165, 1.54) is 18.2 Å². The maximum atomic E-state index is 13.5. The van der Waals surface area contributed by atoms with Gasteiger partial charge in [-0.3, -0.25) is 4.79 Å². The highest BCUT2D eigenvalue weighted by molar-refractivity contribution is 7.91. The largest absolute Gasteiger partial charge is 0.378 e. The van der Waals surface area contributed by atoms with Crippen molar-refractivity contribution in [3.05, 3.63) is 46.8 Å². The van der Waals surface area contributed by atoms with E-state index >= 15 is 0 Å². The van der Waals surface area contributed by atoms with E-state index in [0.717, 1.165) is 12.8 Å². The summed E-state index contributed by atoms with van der Waals surface area (Å²) in [5.41, 5.74) is -1.11. The fraction of sp³-hybridized carbons (Fsp3) is 0.538. The number of benzene rings is 1. The summed E-state index contributed by atoms with van der Waals surface area (Å²) < 4.78 is 38.5. The van der Waals surface area contributed by atoms with Gasteiger partial charge in [0.25, 0.3) is 5.91 Å². The number of aromatic nitrogens is 2. The molecule has 3 N–H and O–H groups in total. The van der Waals surface area contributed by atoms with Gasteiger partial charge in [-0.25, -0.2) is 17.8 Å². The van der Waals surface area contributed by atoms with Crippen LogP contribution in [0.1, 0.15) is 60.6 Å². The number of hydrogen-bond acceptors (Lipinski definition) is 6. The van der Waals surface area contributed by atoms with Crippen LogP contribution in [0.3, 0.4) is 0 Å². The van der Waals surface area contributed by atoms with Crippen LogP contribution in [0.5, 0.6) is 0 Å². The molecule has 37 heavy (non-hydrogen) atoms. The molecule has 2 saturated carbocycles. The Morgan fingerprint density at radius 3 is 2.41 bits per heavy atom. The summed E-state index contributed by atoms with van der Waals surface area (Å²) in [6, 6.07) is 3.99. The van der Waals surface area contributed by atoms with Crippen molar-refractivity contribution >= 4 is 33.0 Å². The third-order valence-corrected chi connectivity index (χ3v) is 9.91. The van der Waals surface area contributed by atoms with E-state index in [2.05, 4.69) is 22.1 Å². The molecular weight excluding hydrogens is 521 g/mol. The van der Waals surface area contributed by atoms with Gasteiger partial charge in [0.15, 0.2) is 9.84 Å². The molecule has 1 saturated heterocycles. The van der Waals surface area contributed by atoms with Crippen molar-refractivity contribution in [3.8, 4) is 11.8 Å². The summed E-state index contributed by atoms with van der Waals surface area (Å²) in [5, 5.41) is 24.5. The van der Waals surface area contributed by atoms with Gasteiger partial charge in [-0.2, -0.15) is 0 Å². The van der Waals surface area contributed by atoms with E-state index in [4.69, 9.17) is 11.6 Å². The SMILES string of the molecule is Cn1cnc(C2CC3CC(O)(C#CC4(O)CCS(=O)(=O)CC4)CC3C2)c1C(=O)Nc1ccc(F)c(Cl)c1. The van der Waals surface area contributed by atoms with Gasteiger partial charge in [0.1, 0.15) is 22.7 Å². The van der Waals surface area contributed by atoms with E-state index in [1.807, 2.05) is 0 Å². The molecular formula is C26H29ClFN3O5S. The summed E-state index contributed by atoms with van der Waals surface area (Å²) in [5.74, 6) is 4.99. The first-order chi connectivity index (χ1) is 17.4. The molecule has 0 bridgehead atoms. The van der Waals surface area contributed by atoms with Gasteiger partial charge in [0.2, 0.25) is 0 Å². The van der Waals surface area contributed by atoms with Gasteiger partial charge < -0.3 is 20.1 Å². The molecule has 3 aliphatic rings. The Morgan fingerprint density at radius 1 is 1.16 bits per heavy atom. The normalized spacial score (nSPS) is 29.8. The minimum absolute atomic E-state index is 0.0407. The topological polar surface area (TPSA) is 122 Å². The smallest absolute Gasteiger partial charge is 0.274 e. The van der Waals surface area contributed by atoms with Crippen molar-refractivity contribution in [2.45, 2.75) is 55.6 Å². The fourth-order valence-corrected chi connectivity index (χ4v) is 7.69. The Labute approximate surface area is 220 Å². The number of fused-ring (bicyclic) bond motifs is 1. The number of anilines is 1. The van der Waals surface area contributed by atoms with E-state index in [-0.39, 0.29) is 53.0 Å². The van der Waals surface area contributed by atoms with Crippen molar-refractivity contribution in [2.75, 3.05) is 16.8 Å². The van der Waals surface area contributed by atoms with Crippen LogP contribution in [-0.2, 0) is 16.9 Å². The zero-order chi connectivity index (χ0) is 26.6. The maximum absolute atomic E-state index is 13.5. The van der Waals surface area contributed by atoms with Crippen LogP contribution in [0, 0.1) is 29.5 Å². The summed E-state index contributed by atoms with van der Waals surface area (Å²) >= 11 is 5.84. The maximum Gasteiger partial charge on any atom is 0.274 e. The average molecular weight is 550 g/mol. The number of sulfone groups is 1. The summed E-state index contributed by atoms with van der Waals surface area (Å²) in [4.78, 5) is 17.6. The molecule has 0 spiro atoms. The first-order valence-corrected chi connectivity index (χ1v) is 14.5. The molecule has 3 fully saturated rings. The Morgan fingerprint density at radius 2 is 1.78 bits per heavy atom. The van der Waals surface area contributed by atoms with Crippen LogP contribution in [-0.4, -0.2) is 56.8 Å². The molecule has 1 aromatic heterocycles. The highest BCUT2D eigenvalue weighted by atomic mass is 35.5. The van der Waals surface area contributed by atoms with Crippen LogP contribution < -0.4 is 5.32 Å². The number of carbonyl (C=O) groups excluding carboxylic acids is 1. The van der Waals surface area contributed by atoms with Crippen molar-refractivity contribution in [2.24, 2.45) is 18.9 Å². The van der Waals surface area contributed by atoms with Gasteiger partial charge in [0.05, 0.1) is 28.5 Å². The third kappa shape index (κ3) is 5.41. The van der Waals surface area contributed by atoms with E-state index in [0.29, 0.717) is 29.9 Å². The lowest BCUT2D eigenvalue weighted by Crippen LogP contribution is -2.38. The minimum Gasteiger partial charge on any atom is -0.378 e. The molecule has 2 aromatic rings. The number of imidazole rings is 1. The number of nitrogens with one attached hydrogen (secondary N) is 1. The number of nitrogens with zero attached hydrogens (tertiary/aromatic N) is 2. The number of aryl methyl sites for hydroxylation is 1. The molecule has 8 nitrogen and oxygen atoms in total. The molecule has 5 rings (SSSR count). The third-order valence-electron chi connectivity index (χ3n) is 7.97. The van der Waals surface area contributed by atoms with Gasteiger partial charge in [-0.05, 0) is 55.7 Å². The molecule has 0 radical (unpaired) electrons. The second kappa shape index (κ2) is 9.38. The zero-order valence-electron chi connectivity index (χ0n) is 20.4. The van der Waals surface area contributed by atoms with Crippen molar-refractivity contribution in [3.63, 3.8) is 0 Å². The highest BCUT2D eigenvalue weighted by Crippen LogP contribution is 2.54. The van der Waals surface area contributed by atoms with Crippen molar-refractivity contribution in [1.29, 1.82) is 0 Å². The van der Waals surface area contributed by atoms with Gasteiger partial charge in [-0.15, -0.1) is 0 Å². The first kappa shape index (κ1) is 26.2. The lowest BCUT2D eigenvalue weighted by Gasteiger charge is -2.27. The summed E-state index contributed by atoms with van der Waals surface area (Å²) in [7, 11) is -1.38. The molecule has 1 aromatic carbocycles. The number of rotatable bonds is 3. The summed E-state index contributed by atoms with van der Waals surface area (Å²) in [6.45, 7) is 0. The highest BCUT2D eigenvalue weighted by Gasteiger charge is 2.49. The molecule has 2 atom stereocenters. The minimum atomic E-state index is -3.13. The monoisotopic (exact) mass is 549 g/mol. The Kier molecular flexibility index (Phi) is 6.64. The van der Waals surface area contributed by atoms with Crippen LogP contribution in [0.2, 0.25) is 5.02 Å². The number of halogens is 2. The van der Waals surface area contributed by atoms with Crippen molar-refractivity contribution < 1.29 is 27.8 Å². The molecule has 2 unspecified atom stereocenters. The zero-order valence-corrected chi connectivity index (χ0v) is 21.9. The van der Waals surface area contributed by atoms with Crippen LogP contribution >= 0.6 is 11.6 Å². The fourth-order valence-electron chi connectivity index (χ4n) is 6.01. The Bertz CT molecular complexity index is 1380. The number of hydrogen-bond donors (Lipinski definition) is 3. The molecule has 1 aliphatic heterocycles. The van der Waals surface area contributed by atoms with Gasteiger partial charge >= 0.3 is 0 Å². The van der Waals surface area contributed by atoms with Crippen LogP contribution in [0.15, 0.2) is 24.5 Å². The van der Waals surface area contributed by atoms with Crippen LogP contribution in [0.25, 0.3) is 0 Å². The summed E-state index contributed by atoms with van der Waals surface area (Å²) in [6.07, 6.45) is 4.12. The lowest BCUT2D eigenvalue weighted by atomic mass is 9.90. The second-order valence-corrected chi connectivity index (χ2v) is 13.4. The average Bonchev–Trinajstić information content (AvgIpc) is 3.48. The van der Waals surface area contributed by atoms with Gasteiger partial charge in [-0.1, -0.05) is 23.4 Å². The van der Waals surface area contributed by atoms with Gasteiger partial charge in [0, 0.05) is 31.5 Å². The van der Waals surface area contributed by atoms with E-state index in [1.54, 1.807) is 17.9 Å². The number of amides is 1. The second-order valence-electron chi connectivity index (χ2n) is 10.7. The quantitative estimate of drug-likeness (QED) is 0.506. The number of carbonyl (C=O) groups is 1. The molecule has 198 valence electrons. The van der Waals surface area contributed by atoms with E-state index in [9.17, 15) is 27.8 Å². The molecule has 2 aliphatic carbocycles. The molecule has 11 heteroatoms. The van der Waals surface area contributed by atoms with Crippen LogP contribution in [0.4, 0.5) is 10.1 Å². The van der Waals surface area contributed by atoms with Crippen molar-refractivity contribution in [1.82, 2.24) is 9.55 Å². The first-order valence-electron chi connectivity index (χ1n) is 12.3. The predicted octanol–water partition coefficient (Wildman–Crippen LogP) is 3.04. The molecule has 2 heterocycles. The standard InChI is InChI=1S/C26H29ClFN3O5S/c1-31-15-29-22(23(31)24(32)30-19-2-3-21(28)20(27)12-19)16-10-17-13-26(34,14-18(17)11-16)5-4-25(33)6-8-37(35,36)9-7-25/h2-3,12,15-18,33-34H,6-11,13-14H2,1H3,(H,30,32). The molecule has 1 amide bonds. The Balaban J connectivity index is 1.26.